The van der Waals surface area contributed by atoms with Crippen LogP contribution in [0.15, 0.2) is 22.1 Å². The first-order valence-corrected chi connectivity index (χ1v) is 13.6. The zero-order valence-corrected chi connectivity index (χ0v) is 21.1. The van der Waals surface area contributed by atoms with E-state index in [2.05, 4.69) is 12.2 Å². The van der Waals surface area contributed by atoms with Crippen LogP contribution in [0.2, 0.25) is 0 Å². The van der Waals surface area contributed by atoms with E-state index in [4.69, 9.17) is 4.74 Å². The minimum atomic E-state index is -1.23. The third kappa shape index (κ3) is 3.75. The van der Waals surface area contributed by atoms with E-state index in [-0.39, 0.29) is 40.5 Å². The molecule has 4 aliphatic carbocycles. The van der Waals surface area contributed by atoms with Gasteiger partial charge >= 0.3 is 11.9 Å². The number of carbonyl (C=O) groups is 5. The van der Waals surface area contributed by atoms with E-state index in [0.717, 1.165) is 31.0 Å². The fourth-order valence-corrected chi connectivity index (χ4v) is 8.90. The third-order valence-corrected chi connectivity index (χ3v) is 10.4. The molecule has 8 unspecified atom stereocenters. The van der Waals surface area contributed by atoms with Gasteiger partial charge in [-0.2, -0.15) is 0 Å². The van der Waals surface area contributed by atoms with Gasteiger partial charge in [-0.3, -0.25) is 19.2 Å². The summed E-state index contributed by atoms with van der Waals surface area (Å²) in [6, 6.07) is -1.21. The van der Waals surface area contributed by atoms with Crippen LogP contribution in [0, 0.1) is 35.0 Å². The van der Waals surface area contributed by atoms with Crippen LogP contribution in [0.4, 0.5) is 0 Å². The second-order valence-corrected chi connectivity index (χ2v) is 12.0. The quantitative estimate of drug-likeness (QED) is 0.451. The first-order chi connectivity index (χ1) is 17.1. The minimum Gasteiger partial charge on any atom is -0.481 e. The lowest BCUT2D eigenvalue weighted by Gasteiger charge is -2.56. The molecule has 2 bridgehead atoms. The van der Waals surface area contributed by atoms with E-state index in [1.165, 1.54) is 13.0 Å². The minimum absolute atomic E-state index is 0.116. The third-order valence-electron chi connectivity index (χ3n) is 9.26. The van der Waals surface area contributed by atoms with Crippen LogP contribution in [0.1, 0.15) is 46.0 Å². The number of aliphatic carboxylic acids is 2. The Balaban J connectivity index is 1.50. The van der Waals surface area contributed by atoms with E-state index in [1.807, 2.05) is 0 Å². The Labute approximate surface area is 213 Å². The van der Waals surface area contributed by atoms with Crippen molar-refractivity contribution >= 4 is 41.2 Å². The summed E-state index contributed by atoms with van der Waals surface area (Å²) < 4.78 is 6.42. The molecule has 2 saturated carbocycles. The number of ketones is 2. The molecule has 3 fully saturated rings. The second kappa shape index (κ2) is 9.13. The predicted octanol–water partition coefficient (Wildman–Crippen LogP) is 2.20. The highest BCUT2D eigenvalue weighted by Crippen LogP contribution is 2.68. The van der Waals surface area contributed by atoms with E-state index >= 15 is 0 Å². The Bertz CT molecular complexity index is 1110. The van der Waals surface area contributed by atoms with Crippen LogP contribution in [0.3, 0.4) is 0 Å². The van der Waals surface area contributed by atoms with E-state index in [1.54, 1.807) is 0 Å². The number of amides is 1. The molecule has 1 heterocycles. The molecular formula is C26H31NO8S. The number of rotatable bonds is 6. The standard InChI is InChI=1S/C26H31NO8S/c1-11-9-35-23-21-15(7-17-14(24(31)32)3-4-16-13(11)5-6-26(16,17)23)22(30)20(8-19(21)29)36-10-18(25(33)34)27-12(2)28/h8,11,13-14,16-18,23H,3-7,9-10H2,1-2H3,(H,27,28)(H,31,32)(H,33,34). The van der Waals surface area contributed by atoms with Gasteiger partial charge in [0.2, 0.25) is 5.91 Å². The topological polar surface area (TPSA) is 147 Å². The lowest BCUT2D eigenvalue weighted by molar-refractivity contribution is -0.159. The maximum absolute atomic E-state index is 13.6. The van der Waals surface area contributed by atoms with Crippen molar-refractivity contribution in [2.24, 2.45) is 35.0 Å². The molecule has 3 N–H and O–H groups in total. The van der Waals surface area contributed by atoms with Crippen molar-refractivity contribution in [1.82, 2.24) is 5.32 Å². The van der Waals surface area contributed by atoms with Crippen molar-refractivity contribution in [2.45, 2.75) is 58.1 Å². The van der Waals surface area contributed by atoms with E-state index in [9.17, 15) is 34.2 Å². The summed E-state index contributed by atoms with van der Waals surface area (Å²) in [7, 11) is 0. The molecule has 1 saturated heterocycles. The van der Waals surface area contributed by atoms with E-state index in [0.29, 0.717) is 36.0 Å². The highest BCUT2D eigenvalue weighted by atomic mass is 32.2. The Morgan fingerprint density at radius 3 is 2.61 bits per heavy atom. The summed E-state index contributed by atoms with van der Waals surface area (Å²) in [6.07, 6.45) is 4.03. The van der Waals surface area contributed by atoms with Crippen LogP contribution in [0.25, 0.3) is 0 Å². The van der Waals surface area contributed by atoms with Gasteiger partial charge in [-0.25, -0.2) is 4.79 Å². The molecule has 5 aliphatic rings. The summed E-state index contributed by atoms with van der Waals surface area (Å²) in [4.78, 5) is 62.5. The van der Waals surface area contributed by atoms with Crippen LogP contribution >= 0.6 is 11.8 Å². The summed E-state index contributed by atoms with van der Waals surface area (Å²) in [6.45, 7) is 3.84. The largest absolute Gasteiger partial charge is 0.481 e. The Morgan fingerprint density at radius 1 is 1.19 bits per heavy atom. The lowest BCUT2D eigenvalue weighted by atomic mass is 9.48. The van der Waals surface area contributed by atoms with Gasteiger partial charge in [-0.15, -0.1) is 11.8 Å². The SMILES string of the molecule is CC(=O)NC(CSC1=CC(=O)C2=C(CC3C(C(=O)O)CCC4C5CCC34C2OCC5C)C1=O)C(=O)O. The number of carboxylic acid groups (broad SMARTS) is 2. The molecule has 0 radical (unpaired) electrons. The molecule has 194 valence electrons. The van der Waals surface area contributed by atoms with Crippen molar-refractivity contribution in [1.29, 1.82) is 0 Å². The zero-order valence-electron chi connectivity index (χ0n) is 20.3. The van der Waals surface area contributed by atoms with Crippen molar-refractivity contribution in [3.8, 4) is 0 Å². The number of allylic oxidation sites excluding steroid dienone is 3. The van der Waals surface area contributed by atoms with Gasteiger partial charge < -0.3 is 20.3 Å². The number of ether oxygens (including phenoxy) is 1. The maximum atomic E-state index is 13.6. The molecular weight excluding hydrogens is 486 g/mol. The summed E-state index contributed by atoms with van der Waals surface area (Å²) in [5.41, 5.74) is 0.244. The Hall–Kier alpha value is -2.46. The van der Waals surface area contributed by atoms with Gasteiger partial charge in [-0.05, 0) is 55.8 Å². The number of hydrogen-bond acceptors (Lipinski definition) is 7. The average molecular weight is 518 g/mol. The molecule has 1 spiro atoms. The van der Waals surface area contributed by atoms with E-state index < -0.39 is 41.3 Å². The first kappa shape index (κ1) is 25.2. The van der Waals surface area contributed by atoms with Crippen LogP contribution in [-0.2, 0) is 28.7 Å². The van der Waals surface area contributed by atoms with Gasteiger partial charge in [0.25, 0.3) is 0 Å². The number of carbonyl (C=O) groups excluding carboxylic acids is 3. The summed E-state index contributed by atoms with van der Waals surface area (Å²) in [5, 5.41) is 21.8. The monoisotopic (exact) mass is 517 g/mol. The molecule has 1 aliphatic heterocycles. The lowest BCUT2D eigenvalue weighted by Crippen LogP contribution is -2.57. The molecule has 0 aromatic heterocycles. The maximum Gasteiger partial charge on any atom is 0.327 e. The highest BCUT2D eigenvalue weighted by molar-refractivity contribution is 8.04. The van der Waals surface area contributed by atoms with Crippen LogP contribution in [-0.4, -0.2) is 64.1 Å². The second-order valence-electron chi connectivity index (χ2n) is 10.9. The van der Waals surface area contributed by atoms with Crippen LogP contribution in [0.5, 0.6) is 0 Å². The fraction of sp³-hybridized carbons (Fsp3) is 0.654. The molecule has 0 aromatic rings. The van der Waals surface area contributed by atoms with Gasteiger partial charge in [0, 0.05) is 35.3 Å². The van der Waals surface area contributed by atoms with Crippen molar-refractivity contribution in [3.63, 3.8) is 0 Å². The van der Waals surface area contributed by atoms with Crippen LogP contribution < -0.4 is 5.32 Å². The Kier molecular flexibility index (Phi) is 6.39. The number of fused-ring (bicyclic) bond motifs is 1. The molecule has 9 nitrogen and oxygen atoms in total. The number of thioether (sulfide) groups is 1. The predicted molar refractivity (Wildman–Crippen MR) is 129 cm³/mol. The Morgan fingerprint density at radius 2 is 1.94 bits per heavy atom. The molecule has 0 aromatic carbocycles. The molecule has 8 atom stereocenters. The van der Waals surface area contributed by atoms with Gasteiger partial charge in [0.05, 0.1) is 23.5 Å². The summed E-state index contributed by atoms with van der Waals surface area (Å²) in [5.74, 6) is -3.31. The van der Waals surface area contributed by atoms with Gasteiger partial charge in [-0.1, -0.05) is 6.92 Å². The van der Waals surface area contributed by atoms with Crippen molar-refractivity contribution in [3.05, 3.63) is 22.1 Å². The van der Waals surface area contributed by atoms with Gasteiger partial charge in [0.1, 0.15) is 6.04 Å². The average Bonchev–Trinajstić information content (AvgIpc) is 3.15. The van der Waals surface area contributed by atoms with Crippen molar-refractivity contribution in [2.75, 3.05) is 12.4 Å². The fourth-order valence-electron chi connectivity index (χ4n) is 7.88. The number of Topliss-reactive ketones (excluding diaryl/α,β-unsaturated/α-hetero) is 1. The highest BCUT2D eigenvalue weighted by Gasteiger charge is 2.67. The number of hydrogen-bond donors (Lipinski definition) is 3. The zero-order chi connectivity index (χ0) is 25.9. The molecule has 5 rings (SSSR count). The molecule has 10 heteroatoms. The normalized spacial score (nSPS) is 37.9. The summed E-state index contributed by atoms with van der Waals surface area (Å²) >= 11 is 0.925. The smallest absolute Gasteiger partial charge is 0.327 e. The van der Waals surface area contributed by atoms with Crippen molar-refractivity contribution < 1.29 is 38.9 Å². The molecule has 1 amide bonds. The first-order valence-electron chi connectivity index (χ1n) is 12.6. The van der Waals surface area contributed by atoms with Gasteiger partial charge in [0.15, 0.2) is 11.6 Å². The molecule has 36 heavy (non-hydrogen) atoms. The number of nitrogens with one attached hydrogen (secondary N) is 1. The number of carboxylic acids is 2.